The molecule has 2 heterocycles. The summed E-state index contributed by atoms with van der Waals surface area (Å²) in [5.41, 5.74) is 1.53. The first kappa shape index (κ1) is 19.2. The summed E-state index contributed by atoms with van der Waals surface area (Å²) in [7, 11) is 0. The van der Waals surface area contributed by atoms with Crippen molar-refractivity contribution in [2.75, 3.05) is 38.0 Å². The number of piperazine rings is 1. The molecule has 1 saturated heterocycles. The van der Waals surface area contributed by atoms with Crippen molar-refractivity contribution in [2.45, 2.75) is 6.54 Å². The maximum absolute atomic E-state index is 12.9. The SMILES string of the molecule is O=C(CN1CCN(Cc2nc(-c3ccccc3)no2)CC1)Nc1ccc(F)cc1. The highest BCUT2D eigenvalue weighted by atomic mass is 19.1. The summed E-state index contributed by atoms with van der Waals surface area (Å²) in [6, 6.07) is 15.5. The Kier molecular flexibility index (Phi) is 5.92. The van der Waals surface area contributed by atoms with Crippen LogP contribution in [-0.2, 0) is 11.3 Å². The molecule has 0 bridgehead atoms. The lowest BCUT2D eigenvalue weighted by molar-refractivity contribution is -0.117. The Bertz CT molecular complexity index is 937. The van der Waals surface area contributed by atoms with Crippen LogP contribution < -0.4 is 5.32 Å². The number of carbonyl (C=O) groups excluding carboxylic acids is 1. The molecule has 0 atom stereocenters. The van der Waals surface area contributed by atoms with Gasteiger partial charge >= 0.3 is 0 Å². The summed E-state index contributed by atoms with van der Waals surface area (Å²) < 4.78 is 18.3. The molecule has 0 saturated carbocycles. The van der Waals surface area contributed by atoms with E-state index in [1.807, 2.05) is 30.3 Å². The van der Waals surface area contributed by atoms with Gasteiger partial charge in [0.1, 0.15) is 5.82 Å². The molecule has 8 heteroatoms. The Balaban J connectivity index is 1.23. The number of nitrogens with one attached hydrogen (secondary N) is 1. The molecule has 4 rings (SSSR count). The van der Waals surface area contributed by atoms with E-state index >= 15 is 0 Å². The van der Waals surface area contributed by atoms with E-state index in [9.17, 15) is 9.18 Å². The van der Waals surface area contributed by atoms with Gasteiger partial charge in [0, 0.05) is 37.4 Å². The summed E-state index contributed by atoms with van der Waals surface area (Å²) >= 11 is 0. The van der Waals surface area contributed by atoms with Crippen molar-refractivity contribution in [1.82, 2.24) is 19.9 Å². The van der Waals surface area contributed by atoms with E-state index in [1.54, 1.807) is 12.1 Å². The molecule has 1 N–H and O–H groups in total. The second kappa shape index (κ2) is 8.93. The van der Waals surface area contributed by atoms with Gasteiger partial charge in [-0.25, -0.2) is 4.39 Å². The average molecular weight is 395 g/mol. The van der Waals surface area contributed by atoms with Crippen LogP contribution in [0.4, 0.5) is 10.1 Å². The molecule has 1 amide bonds. The van der Waals surface area contributed by atoms with Gasteiger partial charge in [-0.1, -0.05) is 35.5 Å². The van der Waals surface area contributed by atoms with Crippen LogP contribution in [0.25, 0.3) is 11.4 Å². The van der Waals surface area contributed by atoms with Crippen molar-refractivity contribution in [3.8, 4) is 11.4 Å². The normalized spacial score (nSPS) is 15.3. The summed E-state index contributed by atoms with van der Waals surface area (Å²) in [6.07, 6.45) is 0. The molecule has 150 valence electrons. The number of benzene rings is 2. The number of hydrogen-bond acceptors (Lipinski definition) is 6. The van der Waals surface area contributed by atoms with Crippen LogP contribution in [0.2, 0.25) is 0 Å². The summed E-state index contributed by atoms with van der Waals surface area (Å²) in [4.78, 5) is 21.0. The maximum atomic E-state index is 12.9. The van der Waals surface area contributed by atoms with Gasteiger partial charge in [0.25, 0.3) is 0 Å². The third kappa shape index (κ3) is 5.24. The minimum absolute atomic E-state index is 0.102. The lowest BCUT2D eigenvalue weighted by Crippen LogP contribution is -2.48. The maximum Gasteiger partial charge on any atom is 0.241 e. The number of carbonyl (C=O) groups is 1. The molecule has 2 aromatic carbocycles. The van der Waals surface area contributed by atoms with E-state index in [0.29, 0.717) is 30.5 Å². The van der Waals surface area contributed by atoms with Crippen molar-refractivity contribution >= 4 is 11.6 Å². The molecule has 1 aliphatic heterocycles. The molecule has 1 aromatic heterocycles. The number of anilines is 1. The Hall–Kier alpha value is -3.10. The van der Waals surface area contributed by atoms with E-state index in [-0.39, 0.29) is 11.7 Å². The first-order valence-corrected chi connectivity index (χ1v) is 9.54. The molecular formula is C21H22FN5O2. The van der Waals surface area contributed by atoms with Gasteiger partial charge in [0.05, 0.1) is 13.1 Å². The Morgan fingerprint density at radius 1 is 1.00 bits per heavy atom. The van der Waals surface area contributed by atoms with Crippen molar-refractivity contribution < 1.29 is 13.7 Å². The second-order valence-corrected chi connectivity index (χ2v) is 6.99. The monoisotopic (exact) mass is 395 g/mol. The minimum Gasteiger partial charge on any atom is -0.338 e. The van der Waals surface area contributed by atoms with Crippen molar-refractivity contribution in [3.05, 3.63) is 66.3 Å². The molecule has 1 fully saturated rings. The molecule has 0 radical (unpaired) electrons. The molecule has 3 aromatic rings. The minimum atomic E-state index is -0.323. The fourth-order valence-corrected chi connectivity index (χ4v) is 3.26. The standard InChI is InChI=1S/C21H22FN5O2/c22-17-6-8-18(9-7-17)23-19(28)14-26-10-12-27(13-11-26)15-20-24-21(25-29-20)16-4-2-1-3-5-16/h1-9H,10-15H2,(H,23,28). The number of rotatable bonds is 6. The van der Waals surface area contributed by atoms with Crippen LogP contribution in [0, 0.1) is 5.82 Å². The highest BCUT2D eigenvalue weighted by Gasteiger charge is 2.21. The van der Waals surface area contributed by atoms with E-state index in [0.717, 1.165) is 31.7 Å². The summed E-state index contributed by atoms with van der Waals surface area (Å²) in [6.45, 7) is 4.08. The van der Waals surface area contributed by atoms with Crippen LogP contribution in [0.15, 0.2) is 59.1 Å². The van der Waals surface area contributed by atoms with Gasteiger partial charge in [0.2, 0.25) is 17.6 Å². The smallest absolute Gasteiger partial charge is 0.241 e. The van der Waals surface area contributed by atoms with Gasteiger partial charge in [-0.2, -0.15) is 4.98 Å². The topological polar surface area (TPSA) is 74.5 Å². The number of hydrogen-bond donors (Lipinski definition) is 1. The predicted molar refractivity (Wildman–Crippen MR) is 106 cm³/mol. The molecule has 0 aliphatic carbocycles. The van der Waals surface area contributed by atoms with Crippen LogP contribution >= 0.6 is 0 Å². The number of aromatic nitrogens is 2. The molecule has 29 heavy (non-hydrogen) atoms. The zero-order valence-electron chi connectivity index (χ0n) is 15.9. The highest BCUT2D eigenvalue weighted by molar-refractivity contribution is 5.92. The predicted octanol–water partition coefficient (Wildman–Crippen LogP) is 2.63. The van der Waals surface area contributed by atoms with Crippen molar-refractivity contribution in [1.29, 1.82) is 0 Å². The fourth-order valence-electron chi connectivity index (χ4n) is 3.26. The quantitative estimate of drug-likeness (QED) is 0.692. The molecule has 7 nitrogen and oxygen atoms in total. The Labute approximate surface area is 168 Å². The third-order valence-electron chi connectivity index (χ3n) is 4.82. The number of halogens is 1. The third-order valence-corrected chi connectivity index (χ3v) is 4.82. The molecular weight excluding hydrogens is 373 g/mol. The number of nitrogens with zero attached hydrogens (tertiary/aromatic N) is 4. The second-order valence-electron chi connectivity index (χ2n) is 6.99. The first-order chi connectivity index (χ1) is 14.2. The zero-order valence-corrected chi connectivity index (χ0v) is 15.9. The van der Waals surface area contributed by atoms with Crippen LogP contribution in [0.1, 0.15) is 5.89 Å². The average Bonchev–Trinajstić information content (AvgIpc) is 3.20. The van der Waals surface area contributed by atoms with Crippen molar-refractivity contribution in [2.24, 2.45) is 0 Å². The van der Waals surface area contributed by atoms with Gasteiger partial charge in [-0.15, -0.1) is 0 Å². The van der Waals surface area contributed by atoms with Crippen LogP contribution in [0.5, 0.6) is 0 Å². The van der Waals surface area contributed by atoms with E-state index in [4.69, 9.17) is 4.52 Å². The molecule has 0 unspecified atom stereocenters. The lowest BCUT2D eigenvalue weighted by atomic mass is 10.2. The zero-order chi connectivity index (χ0) is 20.1. The molecule has 0 spiro atoms. The number of amides is 1. The first-order valence-electron chi connectivity index (χ1n) is 9.54. The Morgan fingerprint density at radius 3 is 2.41 bits per heavy atom. The van der Waals surface area contributed by atoms with Crippen molar-refractivity contribution in [3.63, 3.8) is 0 Å². The van der Waals surface area contributed by atoms with Gasteiger partial charge in [-0.3, -0.25) is 14.6 Å². The summed E-state index contributed by atoms with van der Waals surface area (Å²) in [5.74, 6) is 0.758. The Morgan fingerprint density at radius 2 is 1.69 bits per heavy atom. The largest absolute Gasteiger partial charge is 0.338 e. The van der Waals surface area contributed by atoms with Gasteiger partial charge < -0.3 is 9.84 Å². The van der Waals surface area contributed by atoms with E-state index in [1.165, 1.54) is 12.1 Å². The van der Waals surface area contributed by atoms with Crippen LogP contribution in [-0.4, -0.2) is 58.6 Å². The lowest BCUT2D eigenvalue weighted by Gasteiger charge is -2.33. The van der Waals surface area contributed by atoms with E-state index in [2.05, 4.69) is 25.3 Å². The summed E-state index contributed by atoms with van der Waals surface area (Å²) in [5, 5.41) is 6.84. The van der Waals surface area contributed by atoms with Crippen LogP contribution in [0.3, 0.4) is 0 Å². The van der Waals surface area contributed by atoms with E-state index < -0.39 is 0 Å². The fraction of sp³-hybridized carbons (Fsp3) is 0.286. The molecule has 1 aliphatic rings. The van der Waals surface area contributed by atoms with Gasteiger partial charge in [-0.05, 0) is 24.3 Å². The highest BCUT2D eigenvalue weighted by Crippen LogP contribution is 2.16. The van der Waals surface area contributed by atoms with Gasteiger partial charge in [0.15, 0.2) is 0 Å².